The summed E-state index contributed by atoms with van der Waals surface area (Å²) in [6.07, 6.45) is 0.163. The van der Waals surface area contributed by atoms with E-state index in [4.69, 9.17) is 15.4 Å². The zero-order valence-electron chi connectivity index (χ0n) is 11.0. The van der Waals surface area contributed by atoms with E-state index < -0.39 is 9.05 Å². The highest BCUT2D eigenvalue weighted by Crippen LogP contribution is 2.39. The summed E-state index contributed by atoms with van der Waals surface area (Å²) in [5, 5.41) is 0. The standard InChI is InChI=1S/C12H12Br2ClNO4S/c1-20-11-4-10(8(13)3-9(11)14)16-5-7(2-12(16)17)6-21(15,18)19/h3-4,7H,2,5-6H2,1H3. The molecule has 1 fully saturated rings. The predicted molar refractivity (Wildman–Crippen MR) is 88.5 cm³/mol. The molecule has 0 aromatic heterocycles. The van der Waals surface area contributed by atoms with E-state index in [-0.39, 0.29) is 24.0 Å². The van der Waals surface area contributed by atoms with Crippen molar-refractivity contribution in [1.29, 1.82) is 0 Å². The van der Waals surface area contributed by atoms with Gasteiger partial charge in [0.25, 0.3) is 0 Å². The number of hydrogen-bond acceptors (Lipinski definition) is 4. The van der Waals surface area contributed by atoms with Crippen LogP contribution < -0.4 is 9.64 Å². The van der Waals surface area contributed by atoms with Crippen molar-refractivity contribution in [3.63, 3.8) is 0 Å². The van der Waals surface area contributed by atoms with Crippen LogP contribution in [0.1, 0.15) is 6.42 Å². The Labute approximate surface area is 144 Å². The van der Waals surface area contributed by atoms with Crippen molar-refractivity contribution in [2.45, 2.75) is 6.42 Å². The average Bonchev–Trinajstić information content (AvgIpc) is 2.68. The summed E-state index contributed by atoms with van der Waals surface area (Å²) in [4.78, 5) is 13.7. The monoisotopic (exact) mass is 459 g/mol. The molecule has 1 aromatic carbocycles. The summed E-state index contributed by atoms with van der Waals surface area (Å²) in [5.41, 5.74) is 0.648. The molecular weight excluding hydrogens is 449 g/mol. The van der Waals surface area contributed by atoms with Crippen molar-refractivity contribution in [2.24, 2.45) is 5.92 Å². The molecule has 0 bridgehead atoms. The number of carbonyl (C=O) groups excluding carboxylic acids is 1. The minimum absolute atomic E-state index is 0.134. The molecule has 0 aliphatic carbocycles. The maximum absolute atomic E-state index is 12.1. The van der Waals surface area contributed by atoms with Gasteiger partial charge in [-0.15, -0.1) is 0 Å². The van der Waals surface area contributed by atoms with Crippen LogP contribution in [0.15, 0.2) is 21.1 Å². The van der Waals surface area contributed by atoms with Gasteiger partial charge in [-0.05, 0) is 37.9 Å². The number of nitrogens with zero attached hydrogens (tertiary/aromatic N) is 1. The van der Waals surface area contributed by atoms with Gasteiger partial charge in [-0.25, -0.2) is 8.42 Å². The molecule has 0 radical (unpaired) electrons. The highest BCUT2D eigenvalue weighted by atomic mass is 79.9. The Morgan fingerprint density at radius 1 is 1.38 bits per heavy atom. The van der Waals surface area contributed by atoms with Gasteiger partial charge in [0.15, 0.2) is 0 Å². The SMILES string of the molecule is COc1cc(N2CC(CS(=O)(=O)Cl)CC2=O)c(Br)cc1Br. The molecular formula is C12H12Br2ClNO4S. The Morgan fingerprint density at radius 2 is 2.05 bits per heavy atom. The van der Waals surface area contributed by atoms with Crippen molar-refractivity contribution in [1.82, 2.24) is 0 Å². The van der Waals surface area contributed by atoms with Gasteiger partial charge in [-0.2, -0.15) is 0 Å². The fourth-order valence-electron chi connectivity index (χ4n) is 2.29. The highest BCUT2D eigenvalue weighted by molar-refractivity contribution is 9.11. The van der Waals surface area contributed by atoms with Crippen LogP contribution in [0, 0.1) is 5.92 Å². The lowest BCUT2D eigenvalue weighted by atomic mass is 10.1. The first-order chi connectivity index (χ1) is 9.71. The van der Waals surface area contributed by atoms with Crippen LogP contribution in [0.4, 0.5) is 5.69 Å². The van der Waals surface area contributed by atoms with Crippen LogP contribution >= 0.6 is 42.5 Å². The Balaban J connectivity index is 2.29. The Kier molecular flexibility index (Phi) is 5.23. The van der Waals surface area contributed by atoms with Crippen LogP contribution in [0.25, 0.3) is 0 Å². The topological polar surface area (TPSA) is 63.7 Å². The number of benzene rings is 1. The Hall–Kier alpha value is -0.310. The van der Waals surface area contributed by atoms with E-state index in [1.54, 1.807) is 17.0 Å². The summed E-state index contributed by atoms with van der Waals surface area (Å²) in [7, 11) is 3.18. The van der Waals surface area contributed by atoms with Gasteiger partial charge in [-0.3, -0.25) is 4.79 Å². The second kappa shape index (κ2) is 6.44. The maximum atomic E-state index is 12.1. The van der Waals surface area contributed by atoms with E-state index >= 15 is 0 Å². The summed E-state index contributed by atoms with van der Waals surface area (Å²) < 4.78 is 29.0. The molecule has 0 saturated carbocycles. The highest BCUT2D eigenvalue weighted by Gasteiger charge is 2.34. The van der Waals surface area contributed by atoms with Gasteiger partial charge in [0.2, 0.25) is 15.0 Å². The van der Waals surface area contributed by atoms with Gasteiger partial charge >= 0.3 is 0 Å². The van der Waals surface area contributed by atoms with E-state index in [2.05, 4.69) is 31.9 Å². The summed E-state index contributed by atoms with van der Waals surface area (Å²) in [6, 6.07) is 3.51. The molecule has 9 heteroatoms. The van der Waals surface area contributed by atoms with E-state index in [1.165, 1.54) is 7.11 Å². The normalized spacial score (nSPS) is 19.1. The van der Waals surface area contributed by atoms with Crippen LogP contribution in [-0.4, -0.2) is 33.7 Å². The number of amides is 1. The fraction of sp³-hybridized carbons (Fsp3) is 0.417. The van der Waals surface area contributed by atoms with Crippen LogP contribution in [-0.2, 0) is 13.8 Å². The number of anilines is 1. The number of carbonyl (C=O) groups is 1. The van der Waals surface area contributed by atoms with Crippen molar-refractivity contribution >= 4 is 63.2 Å². The largest absolute Gasteiger partial charge is 0.495 e. The second-order valence-electron chi connectivity index (χ2n) is 4.72. The van der Waals surface area contributed by atoms with E-state index in [1.807, 2.05) is 0 Å². The predicted octanol–water partition coefficient (Wildman–Crippen LogP) is 3.14. The van der Waals surface area contributed by atoms with Crippen LogP contribution in [0.5, 0.6) is 5.75 Å². The lowest BCUT2D eigenvalue weighted by Crippen LogP contribution is -2.25. The Bertz CT molecular complexity index is 680. The van der Waals surface area contributed by atoms with Crippen molar-refractivity contribution in [3.8, 4) is 5.75 Å². The lowest BCUT2D eigenvalue weighted by molar-refractivity contribution is -0.117. The van der Waals surface area contributed by atoms with Gasteiger partial charge in [-0.1, -0.05) is 0 Å². The molecule has 0 N–H and O–H groups in total. The fourth-order valence-corrected chi connectivity index (χ4v) is 4.98. The molecule has 21 heavy (non-hydrogen) atoms. The van der Waals surface area contributed by atoms with Gasteiger partial charge in [0.05, 0.1) is 23.0 Å². The summed E-state index contributed by atoms with van der Waals surface area (Å²) >= 11 is 6.77. The maximum Gasteiger partial charge on any atom is 0.232 e. The molecule has 1 aliphatic rings. The van der Waals surface area contributed by atoms with E-state index in [9.17, 15) is 13.2 Å². The first-order valence-electron chi connectivity index (χ1n) is 5.97. The second-order valence-corrected chi connectivity index (χ2v) is 9.25. The molecule has 0 spiro atoms. The molecule has 1 saturated heterocycles. The number of ether oxygens (including phenoxy) is 1. The quantitative estimate of drug-likeness (QED) is 0.647. The molecule has 1 atom stereocenters. The van der Waals surface area contributed by atoms with Crippen molar-refractivity contribution in [3.05, 3.63) is 21.1 Å². The van der Waals surface area contributed by atoms with Gasteiger partial charge in [0.1, 0.15) is 5.75 Å². The molecule has 116 valence electrons. The molecule has 1 amide bonds. The van der Waals surface area contributed by atoms with Crippen molar-refractivity contribution in [2.75, 3.05) is 24.3 Å². The number of hydrogen-bond donors (Lipinski definition) is 0. The average molecular weight is 462 g/mol. The van der Waals surface area contributed by atoms with E-state index in [0.29, 0.717) is 18.0 Å². The smallest absolute Gasteiger partial charge is 0.232 e. The lowest BCUT2D eigenvalue weighted by Gasteiger charge is -2.19. The molecule has 1 heterocycles. The minimum atomic E-state index is -3.62. The van der Waals surface area contributed by atoms with Crippen molar-refractivity contribution < 1.29 is 17.9 Å². The molecule has 2 rings (SSSR count). The van der Waals surface area contributed by atoms with Crippen LogP contribution in [0.3, 0.4) is 0 Å². The number of halogens is 3. The number of methoxy groups -OCH3 is 1. The summed E-state index contributed by atoms with van der Waals surface area (Å²) in [6.45, 7) is 0.314. The first-order valence-corrected chi connectivity index (χ1v) is 10.0. The zero-order valence-corrected chi connectivity index (χ0v) is 15.7. The Morgan fingerprint density at radius 3 is 2.62 bits per heavy atom. The zero-order chi connectivity index (χ0) is 15.8. The molecule has 1 aliphatic heterocycles. The third kappa shape index (κ3) is 4.12. The van der Waals surface area contributed by atoms with Gasteiger partial charge < -0.3 is 9.64 Å². The summed E-state index contributed by atoms with van der Waals surface area (Å²) in [5.74, 6) is -0.0522. The number of rotatable bonds is 4. The van der Waals surface area contributed by atoms with Gasteiger partial charge in [0, 0.05) is 40.1 Å². The molecule has 1 unspecified atom stereocenters. The van der Waals surface area contributed by atoms with Crippen LogP contribution in [0.2, 0.25) is 0 Å². The third-order valence-electron chi connectivity index (χ3n) is 3.15. The third-order valence-corrected chi connectivity index (χ3v) is 5.65. The van der Waals surface area contributed by atoms with E-state index in [0.717, 1.165) is 8.95 Å². The molecule has 1 aromatic rings. The minimum Gasteiger partial charge on any atom is -0.495 e. The molecule has 5 nitrogen and oxygen atoms in total. The first kappa shape index (κ1) is 17.1.